The van der Waals surface area contributed by atoms with Crippen LogP contribution in [0.5, 0.6) is 0 Å². The summed E-state index contributed by atoms with van der Waals surface area (Å²) < 4.78 is 0.127. The number of rotatable bonds is 5. The zero-order valence-corrected chi connectivity index (χ0v) is 14.7. The topological polar surface area (TPSA) is 121 Å². The van der Waals surface area contributed by atoms with E-state index in [1.54, 1.807) is 24.3 Å². The molecule has 8 nitrogen and oxygen atoms in total. The van der Waals surface area contributed by atoms with E-state index in [4.69, 9.17) is 12.2 Å². The van der Waals surface area contributed by atoms with Crippen LogP contribution in [0.25, 0.3) is 5.57 Å². The van der Waals surface area contributed by atoms with Crippen molar-refractivity contribution >= 4 is 63.3 Å². The van der Waals surface area contributed by atoms with Crippen molar-refractivity contribution in [2.45, 2.75) is 6.42 Å². The fourth-order valence-electron chi connectivity index (χ4n) is 2.73. The Balaban J connectivity index is 2.04. The normalized spacial score (nSPS) is 19.3. The first-order valence-electron chi connectivity index (χ1n) is 7.40. The highest BCUT2D eigenvalue weighted by Gasteiger charge is 2.41. The fourth-order valence-corrected chi connectivity index (χ4v) is 4.11. The van der Waals surface area contributed by atoms with Crippen LogP contribution in [0.3, 0.4) is 0 Å². The van der Waals surface area contributed by atoms with Gasteiger partial charge < -0.3 is 24.7 Å². The van der Waals surface area contributed by atoms with Crippen molar-refractivity contribution in [1.29, 1.82) is 0 Å². The van der Waals surface area contributed by atoms with Gasteiger partial charge in [-0.1, -0.05) is 42.2 Å². The van der Waals surface area contributed by atoms with E-state index in [0.29, 0.717) is 11.3 Å². The third kappa shape index (κ3) is 3.08. The molecule has 1 saturated heterocycles. The second-order valence-corrected chi connectivity index (χ2v) is 7.08. The van der Waals surface area contributed by atoms with Gasteiger partial charge in [-0.2, -0.15) is 0 Å². The summed E-state index contributed by atoms with van der Waals surface area (Å²) in [6.45, 7) is -0.813. The second-order valence-electron chi connectivity index (χ2n) is 5.43. The summed E-state index contributed by atoms with van der Waals surface area (Å²) in [5.41, 5.74) is 0.825. The summed E-state index contributed by atoms with van der Waals surface area (Å²) in [6.07, 6.45) is -0.392. The maximum absolute atomic E-state index is 12.8. The molecule has 2 heterocycles. The van der Waals surface area contributed by atoms with Gasteiger partial charge in [0.2, 0.25) is 0 Å². The lowest BCUT2D eigenvalue weighted by molar-refractivity contribution is -0.306. The van der Waals surface area contributed by atoms with Crippen LogP contribution in [0.1, 0.15) is 12.0 Å². The minimum absolute atomic E-state index is 0.0478. The van der Waals surface area contributed by atoms with Gasteiger partial charge in [-0.3, -0.25) is 14.5 Å². The molecular weight excluding hydrogens is 380 g/mol. The first-order valence-corrected chi connectivity index (χ1v) is 8.62. The van der Waals surface area contributed by atoms with Crippen molar-refractivity contribution in [3.05, 3.63) is 34.7 Å². The minimum atomic E-state index is -1.43. The van der Waals surface area contributed by atoms with Gasteiger partial charge in [-0.15, -0.1) is 0 Å². The smallest absolute Gasteiger partial charge is 0.267 e. The van der Waals surface area contributed by atoms with Gasteiger partial charge in [0, 0.05) is 24.5 Å². The van der Waals surface area contributed by atoms with Crippen molar-refractivity contribution in [2.75, 3.05) is 18.0 Å². The third-order valence-corrected chi connectivity index (χ3v) is 5.27. The molecule has 10 heteroatoms. The quantitative estimate of drug-likeness (QED) is 0.440. The number of anilines is 1. The SMILES string of the molecule is O=C([O-])CCN1C(=O)/C(=C2\C(=O)N(CC(=O)[O-])c3ccccc32)SC1=S. The number of thiocarbonyl (C=S) groups is 1. The summed E-state index contributed by atoms with van der Waals surface area (Å²) in [5, 5.41) is 21.6. The molecule has 0 N–H and O–H groups in total. The van der Waals surface area contributed by atoms with E-state index >= 15 is 0 Å². The zero-order chi connectivity index (χ0) is 19.0. The average molecular weight is 390 g/mol. The summed E-state index contributed by atoms with van der Waals surface area (Å²) in [7, 11) is 0. The Morgan fingerprint density at radius 1 is 1.04 bits per heavy atom. The zero-order valence-electron chi connectivity index (χ0n) is 13.1. The van der Waals surface area contributed by atoms with Crippen LogP contribution in [0.15, 0.2) is 29.2 Å². The van der Waals surface area contributed by atoms with E-state index in [9.17, 15) is 29.4 Å². The van der Waals surface area contributed by atoms with Crippen molar-refractivity contribution in [1.82, 2.24) is 4.90 Å². The predicted molar refractivity (Wildman–Crippen MR) is 92.2 cm³/mol. The molecule has 0 atom stereocenters. The first kappa shape index (κ1) is 18.1. The molecule has 1 aromatic carbocycles. The van der Waals surface area contributed by atoms with Crippen LogP contribution in [0.2, 0.25) is 0 Å². The number of carboxylic acid groups (broad SMARTS) is 2. The predicted octanol–water partition coefficient (Wildman–Crippen LogP) is -1.51. The van der Waals surface area contributed by atoms with Gasteiger partial charge in [0.15, 0.2) is 0 Å². The Kier molecular flexibility index (Phi) is 4.79. The average Bonchev–Trinajstić information content (AvgIpc) is 3.00. The Morgan fingerprint density at radius 3 is 2.38 bits per heavy atom. The van der Waals surface area contributed by atoms with Gasteiger partial charge in [-0.25, -0.2) is 0 Å². The van der Waals surface area contributed by atoms with Crippen LogP contribution in [-0.2, 0) is 19.2 Å². The molecule has 2 aliphatic heterocycles. The van der Waals surface area contributed by atoms with Crippen molar-refractivity contribution in [3.63, 3.8) is 0 Å². The van der Waals surface area contributed by atoms with Crippen molar-refractivity contribution < 1.29 is 29.4 Å². The van der Waals surface area contributed by atoms with Gasteiger partial charge >= 0.3 is 0 Å². The Bertz CT molecular complexity index is 894. The lowest BCUT2D eigenvalue weighted by atomic mass is 10.1. The molecule has 0 bridgehead atoms. The number of aliphatic carboxylic acids is 2. The van der Waals surface area contributed by atoms with Gasteiger partial charge in [-0.05, 0) is 6.07 Å². The molecule has 26 heavy (non-hydrogen) atoms. The molecule has 0 spiro atoms. The number of thioether (sulfide) groups is 1. The van der Waals surface area contributed by atoms with Crippen LogP contribution in [0, 0.1) is 0 Å². The molecular formula is C16H10N2O6S2-2. The van der Waals surface area contributed by atoms with Crippen LogP contribution < -0.4 is 15.1 Å². The van der Waals surface area contributed by atoms with E-state index in [1.807, 2.05) is 0 Å². The van der Waals surface area contributed by atoms with Gasteiger partial charge in [0.25, 0.3) is 11.8 Å². The highest BCUT2D eigenvalue weighted by Crippen LogP contribution is 2.44. The van der Waals surface area contributed by atoms with Gasteiger partial charge in [0.05, 0.1) is 28.7 Å². The summed E-state index contributed by atoms with van der Waals surface area (Å²) in [6, 6.07) is 6.47. The molecule has 0 unspecified atom stereocenters. The summed E-state index contributed by atoms with van der Waals surface area (Å²) >= 11 is 5.99. The Hall–Kier alpha value is -2.72. The van der Waals surface area contributed by atoms with E-state index in [0.717, 1.165) is 21.6 Å². The van der Waals surface area contributed by atoms with Gasteiger partial charge in [0.1, 0.15) is 4.32 Å². The molecule has 1 aromatic rings. The molecule has 0 aliphatic carbocycles. The number of hydrogen-bond acceptors (Lipinski definition) is 8. The fraction of sp³-hybridized carbons (Fsp3) is 0.188. The van der Waals surface area contributed by atoms with E-state index in [2.05, 4.69) is 0 Å². The lowest BCUT2D eigenvalue weighted by Crippen LogP contribution is -2.39. The first-order chi connectivity index (χ1) is 12.3. The van der Waals surface area contributed by atoms with Crippen molar-refractivity contribution in [3.8, 4) is 0 Å². The Labute approximate surface area is 157 Å². The highest BCUT2D eigenvalue weighted by atomic mass is 32.2. The minimum Gasteiger partial charge on any atom is -0.550 e. The van der Waals surface area contributed by atoms with Crippen LogP contribution in [-0.4, -0.2) is 46.1 Å². The summed E-state index contributed by atoms with van der Waals surface area (Å²) in [4.78, 5) is 49.2. The molecule has 0 aromatic heterocycles. The molecule has 2 amide bonds. The maximum atomic E-state index is 12.8. The Morgan fingerprint density at radius 2 is 1.73 bits per heavy atom. The standard InChI is InChI=1S/C16H12N2O6S2/c19-10(20)5-6-17-15(24)13(26-16(17)25)12-8-3-1-2-4-9(8)18(14(12)23)7-11(21)22/h1-4H,5-7H2,(H,19,20)(H,21,22)/p-2/b13-12+. The number of carbonyl (C=O) groups excluding carboxylic acids is 4. The molecule has 3 rings (SSSR count). The molecule has 0 radical (unpaired) electrons. The van der Waals surface area contributed by atoms with E-state index in [1.165, 1.54) is 0 Å². The number of carbonyl (C=O) groups is 4. The summed E-state index contributed by atoms with van der Waals surface area (Å²) in [5.74, 6) is -3.99. The number of carboxylic acids is 2. The van der Waals surface area contributed by atoms with Crippen molar-refractivity contribution in [2.24, 2.45) is 0 Å². The number of hydrogen-bond donors (Lipinski definition) is 0. The highest BCUT2D eigenvalue weighted by molar-refractivity contribution is 8.26. The van der Waals surface area contributed by atoms with E-state index in [-0.39, 0.29) is 21.3 Å². The molecule has 1 fully saturated rings. The maximum Gasteiger partial charge on any atom is 0.267 e. The largest absolute Gasteiger partial charge is 0.550 e. The lowest BCUT2D eigenvalue weighted by Gasteiger charge is -2.17. The molecule has 0 saturated carbocycles. The number of nitrogens with zero attached hydrogens (tertiary/aromatic N) is 2. The second kappa shape index (κ2) is 6.89. The monoisotopic (exact) mass is 390 g/mol. The number of amides is 2. The molecule has 2 aliphatic rings. The number of benzene rings is 1. The molecule has 134 valence electrons. The van der Waals surface area contributed by atoms with Crippen LogP contribution >= 0.6 is 24.0 Å². The number of para-hydroxylation sites is 1. The van der Waals surface area contributed by atoms with E-state index < -0.39 is 36.7 Å². The number of fused-ring (bicyclic) bond motifs is 1. The van der Waals surface area contributed by atoms with Crippen LogP contribution in [0.4, 0.5) is 5.69 Å². The third-order valence-electron chi connectivity index (χ3n) is 3.83.